The van der Waals surface area contributed by atoms with Crippen LogP contribution in [0.4, 0.5) is 23.7 Å². The third kappa shape index (κ3) is 7.99. The minimum Gasteiger partial charge on any atom is -0.495 e. The maximum atomic E-state index is 13.1. The molecule has 0 aliphatic carbocycles. The van der Waals surface area contributed by atoms with Gasteiger partial charge in [-0.25, -0.2) is 4.79 Å². The molecule has 3 amide bonds. The van der Waals surface area contributed by atoms with Crippen LogP contribution in [0.5, 0.6) is 11.5 Å². The van der Waals surface area contributed by atoms with E-state index in [1.807, 2.05) is 0 Å². The van der Waals surface area contributed by atoms with Crippen LogP contribution in [0.25, 0.3) is 6.08 Å². The molecule has 43 heavy (non-hydrogen) atoms. The molecule has 224 valence electrons. The quantitative estimate of drug-likeness (QED) is 0.177. The third-order valence-corrected chi connectivity index (χ3v) is 8.39. The summed E-state index contributed by atoms with van der Waals surface area (Å²) < 4.78 is 51.8. The molecule has 1 fully saturated rings. The predicted octanol–water partition coefficient (Wildman–Crippen LogP) is 6.88. The van der Waals surface area contributed by atoms with E-state index in [0.717, 1.165) is 17.7 Å². The SMILES string of the molecule is COc1ccc(C(F)(F)F)cc1NC(=O)CN1C(=O)S/C(=C\c2cc(I)c(OCc3ccc(C(=O)O)cc3)c(I)c2)C1=O. The Kier molecular flexibility index (Phi) is 10.3. The van der Waals surface area contributed by atoms with E-state index in [1.165, 1.54) is 25.3 Å². The van der Waals surface area contributed by atoms with Crippen LogP contribution in [0.1, 0.15) is 27.0 Å². The molecule has 1 aliphatic rings. The smallest absolute Gasteiger partial charge is 0.416 e. The highest BCUT2D eigenvalue weighted by Gasteiger charge is 2.37. The van der Waals surface area contributed by atoms with Crippen LogP contribution in [0, 0.1) is 7.14 Å². The lowest BCUT2D eigenvalue weighted by molar-refractivity contribution is -0.137. The number of ether oxygens (including phenoxy) is 2. The van der Waals surface area contributed by atoms with E-state index in [4.69, 9.17) is 14.6 Å². The standard InChI is InChI=1S/C28H19F3I2N2O7S/c1-41-21-7-6-17(28(29,30)31)11-20(21)34-23(36)12-35-25(37)22(43-27(35)40)10-15-8-18(32)24(19(33)9-15)42-13-14-2-4-16(5-3-14)26(38)39/h2-11H,12-13H2,1H3,(H,34,36)(H,38,39)/b22-10-. The number of rotatable bonds is 9. The van der Waals surface area contributed by atoms with E-state index in [9.17, 15) is 32.3 Å². The summed E-state index contributed by atoms with van der Waals surface area (Å²) in [4.78, 5) is 50.0. The van der Waals surface area contributed by atoms with Gasteiger partial charge in [0.1, 0.15) is 24.7 Å². The van der Waals surface area contributed by atoms with Crippen LogP contribution >= 0.6 is 56.9 Å². The summed E-state index contributed by atoms with van der Waals surface area (Å²) in [5.41, 5.74) is 0.264. The second-order valence-electron chi connectivity index (χ2n) is 8.83. The average Bonchev–Trinajstić information content (AvgIpc) is 3.19. The number of nitrogens with zero attached hydrogens (tertiary/aromatic N) is 1. The zero-order chi connectivity index (χ0) is 31.5. The zero-order valence-corrected chi connectivity index (χ0v) is 27.0. The van der Waals surface area contributed by atoms with Crippen molar-refractivity contribution < 1.29 is 46.9 Å². The van der Waals surface area contributed by atoms with Gasteiger partial charge in [0, 0.05) is 0 Å². The van der Waals surface area contributed by atoms with Crippen LogP contribution in [0.2, 0.25) is 0 Å². The molecule has 9 nitrogen and oxygen atoms in total. The minimum atomic E-state index is -4.65. The van der Waals surface area contributed by atoms with Crippen molar-refractivity contribution in [1.82, 2.24) is 4.90 Å². The number of nitrogens with one attached hydrogen (secondary N) is 1. The van der Waals surface area contributed by atoms with Crippen LogP contribution in [-0.4, -0.2) is 46.7 Å². The van der Waals surface area contributed by atoms with Crippen molar-refractivity contribution in [3.05, 3.63) is 88.9 Å². The van der Waals surface area contributed by atoms with Gasteiger partial charge in [-0.2, -0.15) is 13.2 Å². The predicted molar refractivity (Wildman–Crippen MR) is 169 cm³/mol. The lowest BCUT2D eigenvalue weighted by atomic mass is 10.1. The van der Waals surface area contributed by atoms with Gasteiger partial charge in [0.15, 0.2) is 0 Å². The summed E-state index contributed by atoms with van der Waals surface area (Å²) in [6, 6.07) is 12.3. The molecular formula is C28H19F3I2N2O7S. The Morgan fingerprint density at radius 3 is 2.28 bits per heavy atom. The van der Waals surface area contributed by atoms with Crippen molar-refractivity contribution in [3.8, 4) is 11.5 Å². The van der Waals surface area contributed by atoms with E-state index >= 15 is 0 Å². The van der Waals surface area contributed by atoms with Gasteiger partial charge in [-0.1, -0.05) is 12.1 Å². The highest BCUT2D eigenvalue weighted by Crippen LogP contribution is 2.37. The molecule has 15 heteroatoms. The summed E-state index contributed by atoms with van der Waals surface area (Å²) in [5.74, 6) is -2.08. The Balaban J connectivity index is 1.44. The molecule has 0 bridgehead atoms. The number of carbonyl (C=O) groups excluding carboxylic acids is 3. The first-order valence-corrected chi connectivity index (χ1v) is 15.0. The molecule has 0 aromatic heterocycles. The highest BCUT2D eigenvalue weighted by atomic mass is 127. The number of aromatic carboxylic acids is 1. The maximum Gasteiger partial charge on any atom is 0.416 e. The second-order valence-corrected chi connectivity index (χ2v) is 12.2. The Labute approximate surface area is 274 Å². The first kappa shape index (κ1) is 32.6. The van der Waals surface area contributed by atoms with Crippen LogP contribution in [-0.2, 0) is 22.4 Å². The fourth-order valence-corrected chi connectivity index (χ4v) is 6.77. The van der Waals surface area contributed by atoms with Crippen molar-refractivity contribution in [2.75, 3.05) is 19.0 Å². The Morgan fingerprint density at radius 1 is 1.05 bits per heavy atom. The van der Waals surface area contributed by atoms with Crippen LogP contribution in [0.3, 0.4) is 0 Å². The molecular weight excluding hydrogens is 819 g/mol. The van der Waals surface area contributed by atoms with Crippen molar-refractivity contribution in [2.45, 2.75) is 12.8 Å². The normalized spacial score (nSPS) is 14.3. The van der Waals surface area contributed by atoms with Gasteiger partial charge in [-0.3, -0.25) is 19.3 Å². The number of alkyl halides is 3. The van der Waals surface area contributed by atoms with E-state index in [2.05, 4.69) is 50.5 Å². The minimum absolute atomic E-state index is 0.0249. The number of methoxy groups -OCH3 is 1. The molecule has 2 N–H and O–H groups in total. The summed E-state index contributed by atoms with van der Waals surface area (Å²) in [6.45, 7) is -0.519. The number of anilines is 1. The molecule has 0 unspecified atom stereocenters. The Morgan fingerprint density at radius 2 is 1.70 bits per heavy atom. The van der Waals surface area contributed by atoms with E-state index < -0.39 is 41.3 Å². The number of benzene rings is 3. The van der Waals surface area contributed by atoms with Crippen LogP contribution < -0.4 is 14.8 Å². The molecule has 1 saturated heterocycles. The number of carbonyl (C=O) groups is 4. The second kappa shape index (κ2) is 13.5. The number of hydrogen-bond donors (Lipinski definition) is 2. The van der Waals surface area contributed by atoms with E-state index in [-0.39, 0.29) is 28.5 Å². The molecule has 3 aromatic carbocycles. The molecule has 0 radical (unpaired) electrons. The lowest BCUT2D eigenvalue weighted by Crippen LogP contribution is -2.36. The molecule has 0 atom stereocenters. The first-order chi connectivity index (χ1) is 20.3. The molecule has 1 heterocycles. The molecule has 3 aromatic rings. The molecule has 1 aliphatic heterocycles. The topological polar surface area (TPSA) is 122 Å². The average molecular weight is 838 g/mol. The number of hydrogen-bond acceptors (Lipinski definition) is 7. The van der Waals surface area contributed by atoms with E-state index in [0.29, 0.717) is 41.2 Å². The first-order valence-electron chi connectivity index (χ1n) is 12.0. The fourth-order valence-electron chi connectivity index (χ4n) is 3.80. The maximum absolute atomic E-state index is 13.1. The molecule has 4 rings (SSSR count). The Bertz CT molecular complexity index is 1620. The van der Waals surface area contributed by atoms with Crippen LogP contribution in [0.15, 0.2) is 59.5 Å². The number of imide groups is 1. The van der Waals surface area contributed by atoms with Gasteiger partial charge in [0.2, 0.25) is 5.91 Å². The van der Waals surface area contributed by atoms with Crippen molar-refractivity contribution in [2.24, 2.45) is 0 Å². The zero-order valence-electron chi connectivity index (χ0n) is 21.8. The summed E-state index contributed by atoms with van der Waals surface area (Å²) in [7, 11) is 1.22. The van der Waals surface area contributed by atoms with Gasteiger partial charge in [0.25, 0.3) is 11.1 Å². The summed E-state index contributed by atoms with van der Waals surface area (Å²) in [6.07, 6.45) is -3.16. The lowest BCUT2D eigenvalue weighted by Gasteiger charge is -2.16. The van der Waals surface area contributed by atoms with Gasteiger partial charge in [-0.05, 0) is 117 Å². The van der Waals surface area contributed by atoms with E-state index in [1.54, 1.807) is 24.3 Å². The number of amides is 3. The fraction of sp³-hybridized carbons (Fsp3) is 0.143. The molecule has 0 saturated carbocycles. The van der Waals surface area contributed by atoms with Crippen molar-refractivity contribution >= 4 is 91.7 Å². The number of carboxylic acids is 1. The van der Waals surface area contributed by atoms with Gasteiger partial charge >= 0.3 is 12.1 Å². The largest absolute Gasteiger partial charge is 0.495 e. The monoisotopic (exact) mass is 838 g/mol. The summed E-state index contributed by atoms with van der Waals surface area (Å²) in [5, 5.41) is 10.6. The van der Waals surface area contributed by atoms with Crippen molar-refractivity contribution in [3.63, 3.8) is 0 Å². The number of carboxylic acid groups (broad SMARTS) is 1. The number of thioether (sulfide) groups is 1. The number of halogens is 5. The third-order valence-electron chi connectivity index (χ3n) is 5.88. The summed E-state index contributed by atoms with van der Waals surface area (Å²) >= 11 is 4.77. The van der Waals surface area contributed by atoms with Gasteiger partial charge < -0.3 is 19.9 Å². The van der Waals surface area contributed by atoms with Crippen molar-refractivity contribution in [1.29, 1.82) is 0 Å². The highest BCUT2D eigenvalue weighted by molar-refractivity contribution is 14.1. The van der Waals surface area contributed by atoms with Gasteiger partial charge in [0.05, 0.1) is 36.0 Å². The van der Waals surface area contributed by atoms with Gasteiger partial charge in [-0.15, -0.1) is 0 Å². The molecule has 0 spiro atoms. The Hall–Kier alpha value is -3.32.